The van der Waals surface area contributed by atoms with E-state index in [-0.39, 0.29) is 0 Å². The molecule has 3 nitrogen and oxygen atoms in total. The molecule has 1 atom stereocenters. The van der Waals surface area contributed by atoms with E-state index in [1.165, 1.54) is 15.6 Å². The molecule has 2 rings (SSSR count). The van der Waals surface area contributed by atoms with Gasteiger partial charge in [0.15, 0.2) is 0 Å². The molecular weight excluding hydrogens is 232 g/mol. The molecule has 96 valence electrons. The molecular formula is C13H22N2OS. The highest BCUT2D eigenvalue weighted by molar-refractivity contribution is 7.11. The van der Waals surface area contributed by atoms with Gasteiger partial charge < -0.3 is 10.5 Å². The molecule has 0 aliphatic carbocycles. The Bertz CT molecular complexity index is 358. The number of hydrogen-bond acceptors (Lipinski definition) is 4. The van der Waals surface area contributed by atoms with E-state index in [0.29, 0.717) is 11.8 Å². The Morgan fingerprint density at radius 3 is 2.82 bits per heavy atom. The Morgan fingerprint density at radius 2 is 2.18 bits per heavy atom. The minimum Gasteiger partial charge on any atom is -0.381 e. The molecule has 2 heterocycles. The van der Waals surface area contributed by atoms with E-state index in [9.17, 15) is 0 Å². The predicted molar refractivity (Wildman–Crippen MR) is 71.6 cm³/mol. The summed E-state index contributed by atoms with van der Waals surface area (Å²) < 4.78 is 5.40. The maximum atomic E-state index is 5.69. The van der Waals surface area contributed by atoms with E-state index < -0.39 is 0 Å². The zero-order valence-corrected chi connectivity index (χ0v) is 11.6. The van der Waals surface area contributed by atoms with Crippen LogP contribution < -0.4 is 5.73 Å². The third kappa shape index (κ3) is 3.27. The lowest BCUT2D eigenvalue weighted by Crippen LogP contribution is -2.13. The second-order valence-electron chi connectivity index (χ2n) is 4.99. The number of nitrogens with two attached hydrogens (primary N) is 1. The SMILES string of the molecule is Cc1nc(C2CCOCC2)sc1CC(C)CN. The van der Waals surface area contributed by atoms with Gasteiger partial charge in [-0.25, -0.2) is 4.98 Å². The van der Waals surface area contributed by atoms with Crippen LogP contribution in [0.15, 0.2) is 0 Å². The summed E-state index contributed by atoms with van der Waals surface area (Å²) in [4.78, 5) is 6.16. The van der Waals surface area contributed by atoms with Crippen LogP contribution in [-0.4, -0.2) is 24.7 Å². The Balaban J connectivity index is 2.06. The van der Waals surface area contributed by atoms with Crippen molar-refractivity contribution in [3.8, 4) is 0 Å². The van der Waals surface area contributed by atoms with Gasteiger partial charge in [0.25, 0.3) is 0 Å². The third-order valence-electron chi connectivity index (χ3n) is 3.42. The van der Waals surface area contributed by atoms with Crippen LogP contribution in [0.3, 0.4) is 0 Å². The summed E-state index contributed by atoms with van der Waals surface area (Å²) in [5.41, 5.74) is 6.89. The molecule has 1 unspecified atom stereocenters. The van der Waals surface area contributed by atoms with Crippen molar-refractivity contribution < 1.29 is 4.74 Å². The Morgan fingerprint density at radius 1 is 1.47 bits per heavy atom. The van der Waals surface area contributed by atoms with E-state index in [1.807, 2.05) is 11.3 Å². The summed E-state index contributed by atoms with van der Waals surface area (Å²) in [6.07, 6.45) is 3.32. The number of aryl methyl sites for hydroxylation is 1. The van der Waals surface area contributed by atoms with Crippen molar-refractivity contribution in [1.29, 1.82) is 0 Å². The molecule has 0 amide bonds. The van der Waals surface area contributed by atoms with Gasteiger partial charge in [-0.05, 0) is 38.6 Å². The van der Waals surface area contributed by atoms with Gasteiger partial charge in [-0.3, -0.25) is 0 Å². The molecule has 17 heavy (non-hydrogen) atoms. The first-order chi connectivity index (χ1) is 8.20. The summed E-state index contributed by atoms with van der Waals surface area (Å²) in [5.74, 6) is 1.17. The number of hydrogen-bond donors (Lipinski definition) is 1. The Kier molecular flexibility index (Phi) is 4.54. The second-order valence-corrected chi connectivity index (χ2v) is 6.11. The molecule has 4 heteroatoms. The summed E-state index contributed by atoms with van der Waals surface area (Å²) in [6, 6.07) is 0. The van der Waals surface area contributed by atoms with Crippen LogP contribution in [0.1, 0.15) is 41.3 Å². The molecule has 2 N–H and O–H groups in total. The molecule has 1 saturated heterocycles. The van der Waals surface area contributed by atoms with E-state index in [2.05, 4.69) is 13.8 Å². The fraction of sp³-hybridized carbons (Fsp3) is 0.769. The first-order valence-corrected chi connectivity index (χ1v) is 7.26. The lowest BCUT2D eigenvalue weighted by atomic mass is 10.0. The summed E-state index contributed by atoms with van der Waals surface area (Å²) in [5, 5.41) is 1.31. The van der Waals surface area contributed by atoms with Gasteiger partial charge in [-0.2, -0.15) is 0 Å². The topological polar surface area (TPSA) is 48.1 Å². The highest BCUT2D eigenvalue weighted by Crippen LogP contribution is 2.32. The summed E-state index contributed by atoms with van der Waals surface area (Å²) in [6.45, 7) is 6.85. The highest BCUT2D eigenvalue weighted by atomic mass is 32.1. The monoisotopic (exact) mass is 254 g/mol. The molecule has 0 saturated carbocycles. The average Bonchev–Trinajstić information content (AvgIpc) is 2.72. The van der Waals surface area contributed by atoms with Gasteiger partial charge in [0.05, 0.1) is 10.7 Å². The molecule has 1 fully saturated rings. The van der Waals surface area contributed by atoms with Gasteiger partial charge in [0.2, 0.25) is 0 Å². The number of thiazole rings is 1. The highest BCUT2D eigenvalue weighted by Gasteiger charge is 2.21. The maximum absolute atomic E-state index is 5.69. The first-order valence-electron chi connectivity index (χ1n) is 6.44. The van der Waals surface area contributed by atoms with Gasteiger partial charge in [-0.15, -0.1) is 11.3 Å². The van der Waals surface area contributed by atoms with Crippen LogP contribution in [0.25, 0.3) is 0 Å². The van der Waals surface area contributed by atoms with Crippen LogP contribution in [-0.2, 0) is 11.2 Å². The van der Waals surface area contributed by atoms with Crippen LogP contribution in [0.5, 0.6) is 0 Å². The van der Waals surface area contributed by atoms with Crippen molar-refractivity contribution in [3.05, 3.63) is 15.6 Å². The fourth-order valence-corrected chi connectivity index (χ4v) is 3.56. The van der Waals surface area contributed by atoms with Crippen LogP contribution in [0.2, 0.25) is 0 Å². The summed E-state index contributed by atoms with van der Waals surface area (Å²) in [7, 11) is 0. The molecule has 0 aromatic carbocycles. The standard InChI is InChI=1S/C13H22N2OS/c1-9(8-14)7-12-10(2)15-13(17-12)11-3-5-16-6-4-11/h9,11H,3-8,14H2,1-2H3. The van der Waals surface area contributed by atoms with Crippen molar-refractivity contribution in [1.82, 2.24) is 4.98 Å². The Labute approximate surface area is 107 Å². The molecule has 1 aromatic rings. The van der Waals surface area contributed by atoms with Gasteiger partial charge in [0.1, 0.15) is 0 Å². The number of ether oxygens (including phenoxy) is 1. The van der Waals surface area contributed by atoms with Crippen molar-refractivity contribution in [2.75, 3.05) is 19.8 Å². The minimum absolute atomic E-state index is 0.552. The van der Waals surface area contributed by atoms with Gasteiger partial charge in [0, 0.05) is 24.0 Å². The third-order valence-corrected chi connectivity index (χ3v) is 4.76. The van der Waals surface area contributed by atoms with Crippen LogP contribution >= 0.6 is 11.3 Å². The fourth-order valence-electron chi connectivity index (χ4n) is 2.16. The molecule has 1 aromatic heterocycles. The van der Waals surface area contributed by atoms with Gasteiger partial charge in [-0.1, -0.05) is 6.92 Å². The van der Waals surface area contributed by atoms with E-state index in [4.69, 9.17) is 15.5 Å². The van der Waals surface area contributed by atoms with Crippen molar-refractivity contribution in [2.45, 2.75) is 39.0 Å². The quantitative estimate of drug-likeness (QED) is 0.898. The van der Waals surface area contributed by atoms with Gasteiger partial charge >= 0.3 is 0 Å². The molecule has 1 aliphatic heterocycles. The van der Waals surface area contributed by atoms with Crippen molar-refractivity contribution in [3.63, 3.8) is 0 Å². The van der Waals surface area contributed by atoms with Crippen molar-refractivity contribution in [2.24, 2.45) is 11.7 Å². The zero-order valence-electron chi connectivity index (χ0n) is 10.7. The average molecular weight is 254 g/mol. The predicted octanol–water partition coefficient (Wildman–Crippen LogP) is 2.48. The lowest BCUT2D eigenvalue weighted by molar-refractivity contribution is 0.0852. The Hall–Kier alpha value is -0.450. The largest absolute Gasteiger partial charge is 0.381 e. The zero-order chi connectivity index (χ0) is 12.3. The normalized spacial score (nSPS) is 19.5. The molecule has 1 aliphatic rings. The van der Waals surface area contributed by atoms with E-state index >= 15 is 0 Å². The maximum Gasteiger partial charge on any atom is 0.0963 e. The van der Waals surface area contributed by atoms with E-state index in [1.54, 1.807) is 0 Å². The molecule has 0 radical (unpaired) electrons. The van der Waals surface area contributed by atoms with E-state index in [0.717, 1.165) is 39.0 Å². The van der Waals surface area contributed by atoms with Crippen molar-refractivity contribution >= 4 is 11.3 Å². The molecule has 0 spiro atoms. The number of nitrogens with zero attached hydrogens (tertiary/aromatic N) is 1. The lowest BCUT2D eigenvalue weighted by Gasteiger charge is -2.19. The minimum atomic E-state index is 0.552. The summed E-state index contributed by atoms with van der Waals surface area (Å²) >= 11 is 1.89. The van der Waals surface area contributed by atoms with Crippen LogP contribution in [0.4, 0.5) is 0 Å². The number of aromatic nitrogens is 1. The van der Waals surface area contributed by atoms with Crippen LogP contribution in [0, 0.1) is 12.8 Å². The molecule has 0 bridgehead atoms. The smallest absolute Gasteiger partial charge is 0.0963 e. The first kappa shape index (κ1) is 13.0. The second kappa shape index (κ2) is 5.94. The number of rotatable bonds is 4.